The molecular weight excluding hydrogens is 249 g/mol. The number of rotatable bonds is 1. The van der Waals surface area contributed by atoms with E-state index in [0.717, 1.165) is 0 Å². The van der Waals surface area contributed by atoms with Crippen molar-refractivity contribution in [2.24, 2.45) is 5.92 Å². The Morgan fingerprint density at radius 3 is 2.74 bits per heavy atom. The van der Waals surface area contributed by atoms with Crippen molar-refractivity contribution in [3.63, 3.8) is 0 Å². The Hall–Kier alpha value is -1.80. The second-order valence-corrected chi connectivity index (χ2v) is 4.74. The van der Waals surface area contributed by atoms with Crippen molar-refractivity contribution in [1.82, 2.24) is 14.9 Å². The molecule has 19 heavy (non-hydrogen) atoms. The lowest BCUT2D eigenvalue weighted by Gasteiger charge is -2.29. The van der Waals surface area contributed by atoms with Crippen LogP contribution in [0.25, 0.3) is 0 Å². The van der Waals surface area contributed by atoms with Crippen LogP contribution in [0.4, 0.5) is 0 Å². The second kappa shape index (κ2) is 5.46. The van der Waals surface area contributed by atoms with Crippen molar-refractivity contribution < 1.29 is 19.9 Å². The van der Waals surface area contributed by atoms with E-state index in [0.29, 0.717) is 4.97 Å². The molecule has 7 nitrogen and oxygen atoms in total. The van der Waals surface area contributed by atoms with Gasteiger partial charge in [-0.1, -0.05) is 6.92 Å². The molecule has 1 aliphatic heterocycles. The van der Waals surface area contributed by atoms with E-state index in [1.807, 2.05) is 0 Å². The Kier molecular flexibility index (Phi) is 3.91. The first-order valence-corrected chi connectivity index (χ1v) is 5.98. The Bertz CT molecular complexity index is 460. The van der Waals surface area contributed by atoms with Crippen molar-refractivity contribution in [1.29, 1.82) is 0 Å². The first-order valence-electron chi connectivity index (χ1n) is 5.98. The van der Waals surface area contributed by atoms with Crippen molar-refractivity contribution in [3.8, 4) is 0 Å². The average Bonchev–Trinajstić information content (AvgIpc) is 2.38. The van der Waals surface area contributed by atoms with Crippen molar-refractivity contribution in [3.05, 3.63) is 18.6 Å². The smallest absolute Gasteiger partial charge is 0.383 e. The summed E-state index contributed by atoms with van der Waals surface area (Å²) in [7, 11) is 0. The molecule has 2 rings (SSSR count). The summed E-state index contributed by atoms with van der Waals surface area (Å²) >= 11 is 0. The van der Waals surface area contributed by atoms with Crippen LogP contribution in [0, 0.1) is 5.92 Å². The highest BCUT2D eigenvalue weighted by atomic mass is 16.5. The van der Waals surface area contributed by atoms with Crippen LogP contribution in [0.2, 0.25) is 0 Å². The molecule has 2 atom stereocenters. The molecule has 1 aromatic rings. The number of nitrogens with zero attached hydrogens (tertiary/aromatic N) is 3. The predicted molar refractivity (Wildman–Crippen MR) is 65.5 cm³/mol. The number of aromatic nitrogens is 2. The second-order valence-electron chi connectivity index (χ2n) is 4.74. The van der Waals surface area contributed by atoms with Crippen molar-refractivity contribution in [2.45, 2.75) is 25.8 Å². The van der Waals surface area contributed by atoms with Crippen LogP contribution >= 0.6 is 0 Å². The Labute approximate surface area is 110 Å². The van der Waals surface area contributed by atoms with Crippen LogP contribution in [-0.2, 0) is 9.59 Å². The molecule has 8 heteroatoms. The van der Waals surface area contributed by atoms with Gasteiger partial charge in [-0.2, -0.15) is 0 Å². The minimum atomic E-state index is -1.51. The van der Waals surface area contributed by atoms with Gasteiger partial charge in [-0.15, -0.1) is 0 Å². The van der Waals surface area contributed by atoms with E-state index < -0.39 is 24.5 Å². The molecule has 1 aromatic heterocycles. The third-order valence-corrected chi connectivity index (χ3v) is 3.11. The molecule has 1 saturated heterocycles. The molecule has 0 aliphatic carbocycles. The van der Waals surface area contributed by atoms with Gasteiger partial charge in [0.25, 0.3) is 0 Å². The summed E-state index contributed by atoms with van der Waals surface area (Å²) in [6.45, 7) is 0.514. The van der Waals surface area contributed by atoms with Gasteiger partial charge in [-0.05, 0) is 5.92 Å². The van der Waals surface area contributed by atoms with Crippen LogP contribution in [0.5, 0.6) is 0 Å². The van der Waals surface area contributed by atoms with Gasteiger partial charge >= 0.3 is 6.85 Å². The fourth-order valence-corrected chi connectivity index (χ4v) is 2.14. The van der Waals surface area contributed by atoms with Gasteiger partial charge in [0.1, 0.15) is 6.00 Å². The number of Topliss-reactive ketones (excluding diaryl/α,β-unsaturated/α-hetero) is 1. The van der Waals surface area contributed by atoms with E-state index in [-0.39, 0.29) is 24.4 Å². The molecule has 1 fully saturated rings. The Morgan fingerprint density at radius 2 is 2.11 bits per heavy atom. The van der Waals surface area contributed by atoms with Crippen molar-refractivity contribution in [2.75, 3.05) is 0 Å². The number of hydrogen-bond donors (Lipinski definition) is 2. The summed E-state index contributed by atoms with van der Waals surface area (Å²) in [5, 5.41) is 19.9. The number of amides is 1. The summed E-state index contributed by atoms with van der Waals surface area (Å²) in [6.07, 6.45) is 4.24. The Balaban J connectivity index is 2.37. The number of aliphatic hydroxyl groups excluding tert-OH is 1. The lowest BCUT2D eigenvalue weighted by Crippen LogP contribution is -2.61. The Morgan fingerprint density at radius 1 is 1.37 bits per heavy atom. The van der Waals surface area contributed by atoms with E-state index >= 15 is 0 Å². The minimum absolute atomic E-state index is 0.0473. The molecule has 1 amide bonds. The lowest BCUT2D eigenvalue weighted by atomic mass is 9.51. The van der Waals surface area contributed by atoms with Gasteiger partial charge in [0.15, 0.2) is 5.78 Å². The molecule has 0 saturated carbocycles. The molecule has 1 aliphatic rings. The van der Waals surface area contributed by atoms with Crippen LogP contribution in [0.15, 0.2) is 18.6 Å². The average molecular weight is 263 g/mol. The highest BCUT2D eigenvalue weighted by Gasteiger charge is 2.43. The molecule has 0 aromatic carbocycles. The van der Waals surface area contributed by atoms with E-state index in [1.165, 1.54) is 18.6 Å². The molecule has 100 valence electrons. The predicted octanol–water partition coefficient (Wildman–Crippen LogP) is -1.21. The summed E-state index contributed by atoms with van der Waals surface area (Å²) in [5.41, 5.74) is 0.175. The molecular formula is C11H14BN3O4. The van der Waals surface area contributed by atoms with Crippen molar-refractivity contribution >= 4 is 24.1 Å². The number of hydroxylamine groups is 1. The zero-order valence-electron chi connectivity index (χ0n) is 10.4. The molecule has 2 heterocycles. The standard InChI is InChI=1S/C11H14BN3O4/c1-7-4-8(16)11(18)12(15(19)10(17)5-7)9-6-13-2-3-14-9/h2-3,6-7,11,18-19H,4-5H2,1H3. The third-order valence-electron chi connectivity index (χ3n) is 3.11. The molecule has 0 spiro atoms. The van der Waals surface area contributed by atoms with E-state index in [2.05, 4.69) is 9.97 Å². The third kappa shape index (κ3) is 2.79. The van der Waals surface area contributed by atoms with Gasteiger partial charge in [0, 0.05) is 31.4 Å². The first-order chi connectivity index (χ1) is 9.00. The SMILES string of the molecule is CC1CC(=O)C(O)B(c2cnccn2)N(O)C(=O)C1. The quantitative estimate of drug-likeness (QED) is 0.487. The lowest BCUT2D eigenvalue weighted by molar-refractivity contribution is -0.151. The fourth-order valence-electron chi connectivity index (χ4n) is 2.14. The van der Waals surface area contributed by atoms with E-state index in [9.17, 15) is 19.9 Å². The zero-order valence-corrected chi connectivity index (χ0v) is 10.4. The topological polar surface area (TPSA) is 104 Å². The van der Waals surface area contributed by atoms with E-state index in [4.69, 9.17) is 0 Å². The van der Waals surface area contributed by atoms with E-state index in [1.54, 1.807) is 6.92 Å². The van der Waals surface area contributed by atoms with Gasteiger partial charge in [-0.3, -0.25) is 29.7 Å². The number of hydrogen-bond acceptors (Lipinski definition) is 6. The summed E-state index contributed by atoms with van der Waals surface area (Å²) in [5.74, 6) is -1.18. The van der Waals surface area contributed by atoms with Crippen LogP contribution in [0.3, 0.4) is 0 Å². The fraction of sp³-hybridized carbons (Fsp3) is 0.455. The highest BCUT2D eigenvalue weighted by molar-refractivity contribution is 6.75. The summed E-state index contributed by atoms with van der Waals surface area (Å²) in [4.78, 5) is 31.8. The van der Waals surface area contributed by atoms with Crippen LogP contribution in [-0.4, -0.2) is 49.8 Å². The number of carbonyl (C=O) groups excluding carboxylic acids is 2. The number of aliphatic hydroxyl groups is 1. The molecule has 0 bridgehead atoms. The van der Waals surface area contributed by atoms with Gasteiger partial charge in [0.05, 0.1) is 5.59 Å². The summed E-state index contributed by atoms with van der Waals surface area (Å²) in [6, 6.07) is -1.51. The molecule has 2 N–H and O–H groups in total. The van der Waals surface area contributed by atoms with Gasteiger partial charge in [0.2, 0.25) is 5.91 Å². The maximum atomic E-state index is 11.9. The number of ketones is 1. The highest BCUT2D eigenvalue weighted by Crippen LogP contribution is 2.17. The normalized spacial score (nSPS) is 25.2. The molecule has 0 radical (unpaired) electrons. The maximum absolute atomic E-state index is 11.9. The minimum Gasteiger partial charge on any atom is -0.391 e. The molecule has 2 unspecified atom stereocenters. The van der Waals surface area contributed by atoms with Gasteiger partial charge < -0.3 is 5.11 Å². The van der Waals surface area contributed by atoms with Crippen LogP contribution < -0.4 is 5.59 Å². The maximum Gasteiger partial charge on any atom is 0.383 e. The zero-order chi connectivity index (χ0) is 14.0. The van der Waals surface area contributed by atoms with Gasteiger partial charge in [-0.25, -0.2) is 0 Å². The largest absolute Gasteiger partial charge is 0.391 e. The number of carbonyl (C=O) groups is 2. The monoisotopic (exact) mass is 263 g/mol. The van der Waals surface area contributed by atoms with Crippen LogP contribution in [0.1, 0.15) is 19.8 Å². The summed E-state index contributed by atoms with van der Waals surface area (Å²) < 4.78 is 0. The first kappa shape index (κ1) is 13.6.